The molecule has 0 unspecified atom stereocenters. The van der Waals surface area contributed by atoms with Gasteiger partial charge in [0.2, 0.25) is 0 Å². The molecule has 80 valence electrons. The summed E-state index contributed by atoms with van der Waals surface area (Å²) in [5.74, 6) is 5.68. The molecular weight excluding hydrogens is 192 g/mol. The molecule has 0 saturated carbocycles. The number of benzene rings is 1. The number of rotatable bonds is 4. The largest absolute Gasteiger partial charge is 0.485 e. The first-order valence-corrected chi connectivity index (χ1v) is 4.58. The fraction of sp³-hybridized carbons (Fsp3) is 0.364. The molecule has 4 nitrogen and oxygen atoms in total. The third kappa shape index (κ3) is 3.58. The lowest BCUT2D eigenvalue weighted by Gasteiger charge is -2.25. The van der Waals surface area contributed by atoms with Gasteiger partial charge in [0.25, 0.3) is 0 Å². The second kappa shape index (κ2) is 4.78. The van der Waals surface area contributed by atoms with E-state index < -0.39 is 5.60 Å². The number of nitrogens with zero attached hydrogens (tertiary/aromatic N) is 1. The van der Waals surface area contributed by atoms with Gasteiger partial charge in [-0.3, -0.25) is 0 Å². The van der Waals surface area contributed by atoms with E-state index in [0.29, 0.717) is 17.9 Å². The van der Waals surface area contributed by atoms with Gasteiger partial charge in [0, 0.05) is 0 Å². The van der Waals surface area contributed by atoms with Crippen LogP contribution in [-0.4, -0.2) is 12.2 Å². The molecule has 1 aromatic rings. The Labute approximate surface area is 89.2 Å². The van der Waals surface area contributed by atoms with Crippen LogP contribution in [0.5, 0.6) is 5.75 Å². The Bertz CT molecular complexity index is 352. The Kier molecular flexibility index (Phi) is 3.67. The van der Waals surface area contributed by atoms with Crippen LogP contribution in [0.4, 0.5) is 0 Å². The zero-order chi connectivity index (χ0) is 11.3. The van der Waals surface area contributed by atoms with E-state index in [0.717, 1.165) is 0 Å². The van der Waals surface area contributed by atoms with E-state index in [1.807, 2.05) is 19.9 Å². The first-order chi connectivity index (χ1) is 7.07. The molecule has 0 atom stereocenters. The summed E-state index contributed by atoms with van der Waals surface area (Å²) in [6.07, 6.45) is 0. The summed E-state index contributed by atoms with van der Waals surface area (Å²) in [4.78, 5) is 4.55. The molecule has 0 heterocycles. The minimum atomic E-state index is -0.483. The fourth-order valence-electron chi connectivity index (χ4n) is 1.15. The van der Waals surface area contributed by atoms with Crippen LogP contribution in [0.3, 0.4) is 0 Å². The van der Waals surface area contributed by atoms with Gasteiger partial charge in [-0.2, -0.15) is 5.26 Å². The predicted molar refractivity (Wildman–Crippen MR) is 56.0 cm³/mol. The van der Waals surface area contributed by atoms with Crippen molar-refractivity contribution >= 4 is 0 Å². The molecule has 15 heavy (non-hydrogen) atoms. The third-order valence-electron chi connectivity index (χ3n) is 1.81. The average molecular weight is 206 g/mol. The number of hydrogen-bond donors (Lipinski definition) is 1. The molecular formula is C11H14N2O2. The molecule has 1 rings (SSSR count). The third-order valence-corrected chi connectivity index (χ3v) is 1.81. The van der Waals surface area contributed by atoms with Gasteiger partial charge in [0.1, 0.15) is 18.0 Å². The van der Waals surface area contributed by atoms with Crippen molar-refractivity contribution in [2.45, 2.75) is 19.4 Å². The summed E-state index contributed by atoms with van der Waals surface area (Å²) in [6.45, 7) is 4.04. The Morgan fingerprint density at radius 2 is 1.93 bits per heavy atom. The van der Waals surface area contributed by atoms with E-state index in [1.54, 1.807) is 24.3 Å². The Morgan fingerprint density at radius 1 is 1.33 bits per heavy atom. The number of nitrogens with two attached hydrogens (primary N) is 1. The lowest BCUT2D eigenvalue weighted by molar-refractivity contribution is -0.00397. The van der Waals surface area contributed by atoms with Crippen LogP contribution in [0.25, 0.3) is 0 Å². The highest BCUT2D eigenvalue weighted by Gasteiger charge is 2.19. The summed E-state index contributed by atoms with van der Waals surface area (Å²) in [5.41, 5.74) is 0.123. The van der Waals surface area contributed by atoms with Crippen LogP contribution < -0.4 is 10.6 Å². The normalized spacial score (nSPS) is 10.8. The van der Waals surface area contributed by atoms with E-state index in [-0.39, 0.29) is 0 Å². The van der Waals surface area contributed by atoms with Gasteiger partial charge in [0.15, 0.2) is 0 Å². The highest BCUT2D eigenvalue weighted by molar-refractivity contribution is 5.34. The van der Waals surface area contributed by atoms with E-state index in [9.17, 15) is 0 Å². The Morgan fingerprint density at radius 3 is 2.40 bits per heavy atom. The summed E-state index contributed by atoms with van der Waals surface area (Å²) < 4.78 is 5.63. The quantitative estimate of drug-likeness (QED) is 0.760. The van der Waals surface area contributed by atoms with Gasteiger partial charge in [-0.05, 0) is 38.1 Å². The molecule has 0 bridgehead atoms. The van der Waals surface area contributed by atoms with Gasteiger partial charge in [0.05, 0.1) is 11.6 Å². The van der Waals surface area contributed by atoms with Crippen LogP contribution in [0.1, 0.15) is 19.4 Å². The van der Waals surface area contributed by atoms with Crippen LogP contribution in [-0.2, 0) is 4.84 Å². The van der Waals surface area contributed by atoms with Crippen LogP contribution in [0.2, 0.25) is 0 Å². The van der Waals surface area contributed by atoms with E-state index >= 15 is 0 Å². The molecule has 4 heteroatoms. The van der Waals surface area contributed by atoms with Gasteiger partial charge in [-0.15, -0.1) is 0 Å². The molecule has 0 aromatic heterocycles. The van der Waals surface area contributed by atoms with Crippen molar-refractivity contribution in [3.05, 3.63) is 29.8 Å². The zero-order valence-corrected chi connectivity index (χ0v) is 8.86. The molecule has 0 aliphatic rings. The Hall–Kier alpha value is -1.57. The molecule has 2 N–H and O–H groups in total. The first kappa shape index (κ1) is 11.5. The zero-order valence-electron chi connectivity index (χ0n) is 8.86. The molecule has 0 amide bonds. The fourth-order valence-corrected chi connectivity index (χ4v) is 1.15. The van der Waals surface area contributed by atoms with Gasteiger partial charge in [-0.25, -0.2) is 5.90 Å². The standard InChI is InChI=1S/C11H14N2O2/c1-11(2,8-14-13)15-10-5-3-9(7-12)4-6-10/h3-6H,8,13H2,1-2H3. The lowest BCUT2D eigenvalue weighted by Crippen LogP contribution is -2.35. The van der Waals surface area contributed by atoms with Crippen molar-refractivity contribution in [1.82, 2.24) is 0 Å². The molecule has 0 radical (unpaired) electrons. The van der Waals surface area contributed by atoms with Gasteiger partial charge in [-0.1, -0.05) is 0 Å². The summed E-state index contributed by atoms with van der Waals surface area (Å²) in [6, 6.07) is 8.94. The predicted octanol–water partition coefficient (Wildman–Crippen LogP) is 1.61. The van der Waals surface area contributed by atoms with E-state index in [2.05, 4.69) is 4.84 Å². The molecule has 0 aliphatic heterocycles. The van der Waals surface area contributed by atoms with Crippen molar-refractivity contribution in [2.75, 3.05) is 6.61 Å². The van der Waals surface area contributed by atoms with Crippen molar-refractivity contribution in [1.29, 1.82) is 5.26 Å². The molecule has 0 aliphatic carbocycles. The van der Waals surface area contributed by atoms with Gasteiger partial charge >= 0.3 is 0 Å². The maximum Gasteiger partial charge on any atom is 0.129 e. The van der Waals surface area contributed by atoms with Gasteiger partial charge < -0.3 is 9.57 Å². The Balaban J connectivity index is 2.69. The second-order valence-electron chi connectivity index (χ2n) is 3.81. The minimum Gasteiger partial charge on any atom is -0.485 e. The molecule has 0 fully saturated rings. The molecule has 0 spiro atoms. The lowest BCUT2D eigenvalue weighted by atomic mass is 10.1. The highest BCUT2D eigenvalue weighted by Crippen LogP contribution is 2.18. The topological polar surface area (TPSA) is 68.3 Å². The van der Waals surface area contributed by atoms with Crippen molar-refractivity contribution in [3.63, 3.8) is 0 Å². The number of hydrogen-bond acceptors (Lipinski definition) is 4. The SMILES string of the molecule is CC(C)(CON)Oc1ccc(C#N)cc1. The van der Waals surface area contributed by atoms with Crippen LogP contribution >= 0.6 is 0 Å². The summed E-state index contributed by atoms with van der Waals surface area (Å²) >= 11 is 0. The number of ether oxygens (including phenoxy) is 1. The number of nitriles is 1. The van der Waals surface area contributed by atoms with Crippen molar-refractivity contribution in [2.24, 2.45) is 5.90 Å². The van der Waals surface area contributed by atoms with Crippen molar-refractivity contribution < 1.29 is 9.57 Å². The maximum atomic E-state index is 8.62. The summed E-state index contributed by atoms with van der Waals surface area (Å²) in [7, 11) is 0. The first-order valence-electron chi connectivity index (χ1n) is 4.58. The summed E-state index contributed by atoms with van der Waals surface area (Å²) in [5, 5.41) is 8.62. The second-order valence-corrected chi connectivity index (χ2v) is 3.81. The smallest absolute Gasteiger partial charge is 0.129 e. The minimum absolute atomic E-state index is 0.299. The average Bonchev–Trinajstić information content (AvgIpc) is 2.18. The maximum absolute atomic E-state index is 8.62. The van der Waals surface area contributed by atoms with Crippen molar-refractivity contribution in [3.8, 4) is 11.8 Å². The van der Waals surface area contributed by atoms with E-state index in [1.165, 1.54) is 0 Å². The highest BCUT2D eigenvalue weighted by atomic mass is 16.6. The molecule has 0 saturated heterocycles. The van der Waals surface area contributed by atoms with Crippen LogP contribution in [0.15, 0.2) is 24.3 Å². The molecule has 1 aromatic carbocycles. The van der Waals surface area contributed by atoms with E-state index in [4.69, 9.17) is 15.9 Å². The van der Waals surface area contributed by atoms with Crippen LogP contribution in [0, 0.1) is 11.3 Å². The monoisotopic (exact) mass is 206 g/mol.